The molecule has 6 nitrogen and oxygen atoms in total. The summed E-state index contributed by atoms with van der Waals surface area (Å²) in [5, 5.41) is 5.99. The molecule has 2 N–H and O–H groups in total. The van der Waals surface area contributed by atoms with Crippen molar-refractivity contribution in [3.63, 3.8) is 0 Å². The van der Waals surface area contributed by atoms with Gasteiger partial charge in [0.1, 0.15) is 29.1 Å². The third-order valence-electron chi connectivity index (χ3n) is 4.25. The van der Waals surface area contributed by atoms with Gasteiger partial charge in [-0.25, -0.2) is 18.7 Å². The first-order chi connectivity index (χ1) is 13.1. The Balaban J connectivity index is 1.76. The van der Waals surface area contributed by atoms with Crippen LogP contribution in [0.2, 0.25) is 5.02 Å². The fraction of sp³-hybridized carbons (Fsp3) is 0.222. The highest BCUT2D eigenvalue weighted by Gasteiger charge is 2.21. The van der Waals surface area contributed by atoms with Gasteiger partial charge in [0.25, 0.3) is 0 Å². The van der Waals surface area contributed by atoms with Gasteiger partial charge in [-0.1, -0.05) is 11.6 Å². The fourth-order valence-electron chi connectivity index (χ4n) is 2.69. The second kappa shape index (κ2) is 7.13. The van der Waals surface area contributed by atoms with Crippen molar-refractivity contribution in [3.05, 3.63) is 47.2 Å². The van der Waals surface area contributed by atoms with Crippen LogP contribution in [0.3, 0.4) is 0 Å². The Hall–Kier alpha value is -2.71. The zero-order valence-electron chi connectivity index (χ0n) is 14.2. The molecule has 1 aliphatic heterocycles. The average molecular weight is 393 g/mol. The van der Waals surface area contributed by atoms with Gasteiger partial charge in [0.05, 0.1) is 18.3 Å². The molecule has 0 radical (unpaired) electrons. The molecule has 0 aliphatic carbocycles. The summed E-state index contributed by atoms with van der Waals surface area (Å²) in [5.41, 5.74) is 0.583. The Morgan fingerprint density at radius 3 is 2.70 bits per heavy atom. The summed E-state index contributed by atoms with van der Waals surface area (Å²) in [6, 6.07) is 5.79. The highest BCUT2D eigenvalue weighted by atomic mass is 35.5. The number of fused-ring (bicyclic) bond motifs is 1. The number of benzene rings is 2. The molecule has 2 aromatic carbocycles. The highest BCUT2D eigenvalue weighted by Crippen LogP contribution is 2.36. The summed E-state index contributed by atoms with van der Waals surface area (Å²) in [7, 11) is 1.54. The van der Waals surface area contributed by atoms with Crippen LogP contribution < -0.4 is 20.1 Å². The third-order valence-corrected chi connectivity index (χ3v) is 4.59. The summed E-state index contributed by atoms with van der Waals surface area (Å²) in [5.74, 6) is -0.321. The van der Waals surface area contributed by atoms with Gasteiger partial charge in [-0.15, -0.1) is 0 Å². The maximum atomic E-state index is 14.2. The van der Waals surface area contributed by atoms with Crippen molar-refractivity contribution in [2.75, 3.05) is 25.5 Å². The van der Waals surface area contributed by atoms with Crippen molar-refractivity contribution in [3.8, 4) is 11.5 Å². The van der Waals surface area contributed by atoms with Crippen LogP contribution in [-0.4, -0.2) is 36.3 Å². The number of nitrogens with one attached hydrogen (secondary N) is 2. The minimum atomic E-state index is -0.894. The average Bonchev–Trinajstić information content (AvgIpc) is 2.64. The molecule has 0 amide bonds. The van der Waals surface area contributed by atoms with E-state index in [9.17, 15) is 8.78 Å². The molecule has 4 rings (SSSR count). The molecule has 1 saturated heterocycles. The number of nitrogens with zero attached hydrogens (tertiary/aromatic N) is 2. The Bertz CT molecular complexity index is 1010. The summed E-state index contributed by atoms with van der Waals surface area (Å²) in [6.45, 7) is 1.49. The first-order valence-electron chi connectivity index (χ1n) is 8.17. The molecule has 140 valence electrons. The lowest BCUT2D eigenvalue weighted by molar-refractivity contribution is 0.137. The molecular formula is C18H15ClF2N4O2. The van der Waals surface area contributed by atoms with E-state index in [1.54, 1.807) is 19.2 Å². The number of hydrogen-bond donors (Lipinski definition) is 2. The predicted molar refractivity (Wildman–Crippen MR) is 98.0 cm³/mol. The molecule has 27 heavy (non-hydrogen) atoms. The van der Waals surface area contributed by atoms with Crippen molar-refractivity contribution < 1.29 is 18.3 Å². The van der Waals surface area contributed by atoms with E-state index in [2.05, 4.69) is 20.6 Å². The molecule has 0 bridgehead atoms. The van der Waals surface area contributed by atoms with Gasteiger partial charge in [0.15, 0.2) is 17.3 Å². The van der Waals surface area contributed by atoms with Crippen LogP contribution >= 0.6 is 11.6 Å². The number of ether oxygens (including phenoxy) is 2. The van der Waals surface area contributed by atoms with Crippen LogP contribution in [0.15, 0.2) is 30.6 Å². The first-order valence-corrected chi connectivity index (χ1v) is 8.55. The minimum Gasteiger partial charge on any atom is -0.493 e. The molecule has 0 saturated carbocycles. The Kier molecular flexibility index (Phi) is 4.67. The van der Waals surface area contributed by atoms with Crippen molar-refractivity contribution in [1.82, 2.24) is 15.3 Å². The molecule has 3 aromatic rings. The van der Waals surface area contributed by atoms with Crippen LogP contribution in [0.5, 0.6) is 11.5 Å². The monoisotopic (exact) mass is 392 g/mol. The Labute approximate surface area is 158 Å². The summed E-state index contributed by atoms with van der Waals surface area (Å²) in [6.07, 6.45) is 1.38. The number of methoxy groups -OCH3 is 1. The van der Waals surface area contributed by atoms with E-state index in [1.807, 2.05) is 0 Å². The standard InChI is InChI=1S/C18H15ClF2N4O2/c1-26-14-5-13-10(4-15(14)27-9-6-22-7-9)18(24-8-23-13)25-12-3-2-11(20)16(19)17(12)21/h2-5,8-9,22H,6-7H2,1H3,(H,23,24,25). The molecule has 1 fully saturated rings. The van der Waals surface area contributed by atoms with E-state index in [0.717, 1.165) is 19.2 Å². The summed E-state index contributed by atoms with van der Waals surface area (Å²) < 4.78 is 38.9. The van der Waals surface area contributed by atoms with Crippen molar-refractivity contribution in [2.45, 2.75) is 6.10 Å². The van der Waals surface area contributed by atoms with Crippen molar-refractivity contribution in [1.29, 1.82) is 0 Å². The summed E-state index contributed by atoms with van der Waals surface area (Å²) in [4.78, 5) is 8.39. The Morgan fingerprint density at radius 1 is 1.19 bits per heavy atom. The first kappa shape index (κ1) is 17.7. The maximum Gasteiger partial charge on any atom is 0.168 e. The van der Waals surface area contributed by atoms with Crippen molar-refractivity contribution >= 4 is 34.0 Å². The van der Waals surface area contributed by atoms with E-state index in [-0.39, 0.29) is 11.8 Å². The number of hydrogen-bond acceptors (Lipinski definition) is 6. The van der Waals surface area contributed by atoms with E-state index >= 15 is 0 Å². The lowest BCUT2D eigenvalue weighted by Gasteiger charge is -2.28. The molecule has 0 unspecified atom stereocenters. The SMILES string of the molecule is COc1cc2ncnc(Nc3ccc(F)c(Cl)c3F)c2cc1OC1CNC1. The number of anilines is 2. The van der Waals surface area contributed by atoms with E-state index in [4.69, 9.17) is 21.1 Å². The maximum absolute atomic E-state index is 14.2. The molecule has 9 heteroatoms. The number of rotatable bonds is 5. The zero-order valence-corrected chi connectivity index (χ0v) is 15.0. The van der Waals surface area contributed by atoms with Gasteiger partial charge < -0.3 is 20.1 Å². The smallest absolute Gasteiger partial charge is 0.168 e. The molecule has 1 aliphatic rings. The van der Waals surface area contributed by atoms with E-state index in [0.29, 0.717) is 28.2 Å². The van der Waals surface area contributed by atoms with Crippen LogP contribution in [0.1, 0.15) is 0 Å². The van der Waals surface area contributed by atoms with Crippen molar-refractivity contribution in [2.24, 2.45) is 0 Å². The predicted octanol–water partition coefficient (Wildman–Crippen LogP) is 3.66. The fourth-order valence-corrected chi connectivity index (χ4v) is 2.86. The van der Waals surface area contributed by atoms with Crippen LogP contribution in [0.4, 0.5) is 20.3 Å². The Morgan fingerprint density at radius 2 is 2.00 bits per heavy atom. The molecular weight excluding hydrogens is 378 g/mol. The second-order valence-corrected chi connectivity index (χ2v) is 6.37. The van der Waals surface area contributed by atoms with E-state index in [1.165, 1.54) is 12.4 Å². The van der Waals surface area contributed by atoms with Crippen LogP contribution in [0, 0.1) is 11.6 Å². The lowest BCUT2D eigenvalue weighted by atomic mass is 10.2. The van der Waals surface area contributed by atoms with Crippen LogP contribution in [-0.2, 0) is 0 Å². The van der Waals surface area contributed by atoms with Gasteiger partial charge in [0, 0.05) is 24.5 Å². The van der Waals surface area contributed by atoms with E-state index < -0.39 is 16.7 Å². The topological polar surface area (TPSA) is 68.3 Å². The summed E-state index contributed by atoms with van der Waals surface area (Å²) >= 11 is 5.65. The molecule has 1 aromatic heterocycles. The van der Waals surface area contributed by atoms with Gasteiger partial charge in [0.2, 0.25) is 0 Å². The normalized spacial score (nSPS) is 14.1. The lowest BCUT2D eigenvalue weighted by Crippen LogP contribution is -2.50. The number of halogens is 3. The zero-order chi connectivity index (χ0) is 19.0. The van der Waals surface area contributed by atoms with Gasteiger partial charge in [-0.05, 0) is 18.2 Å². The second-order valence-electron chi connectivity index (χ2n) is 5.99. The minimum absolute atomic E-state index is 0.00267. The van der Waals surface area contributed by atoms with Gasteiger partial charge >= 0.3 is 0 Å². The number of aromatic nitrogens is 2. The third kappa shape index (κ3) is 3.33. The molecule has 0 atom stereocenters. The van der Waals surface area contributed by atoms with Gasteiger partial charge in [-0.3, -0.25) is 0 Å². The molecule has 2 heterocycles. The van der Waals surface area contributed by atoms with Gasteiger partial charge in [-0.2, -0.15) is 0 Å². The quantitative estimate of drug-likeness (QED) is 0.646. The highest BCUT2D eigenvalue weighted by molar-refractivity contribution is 6.31. The largest absolute Gasteiger partial charge is 0.493 e. The van der Waals surface area contributed by atoms with Crippen LogP contribution in [0.25, 0.3) is 10.9 Å². The molecule has 0 spiro atoms.